The summed E-state index contributed by atoms with van der Waals surface area (Å²) in [6.45, 7) is 2.01. The van der Waals surface area contributed by atoms with Crippen LogP contribution < -0.4 is 20.6 Å². The Labute approximate surface area is 170 Å². The Balaban J connectivity index is 1.50. The first-order valence-electron chi connectivity index (χ1n) is 8.41. The summed E-state index contributed by atoms with van der Waals surface area (Å²) < 4.78 is 10.7. The number of nitrogens with two attached hydrogens (primary N) is 1. The van der Waals surface area contributed by atoms with E-state index < -0.39 is 0 Å². The monoisotopic (exact) mass is 413 g/mol. The van der Waals surface area contributed by atoms with Gasteiger partial charge < -0.3 is 15.2 Å². The topological polar surface area (TPSA) is 85.9 Å². The van der Waals surface area contributed by atoms with Crippen molar-refractivity contribution < 1.29 is 14.3 Å². The van der Waals surface area contributed by atoms with Crippen LogP contribution in [-0.2, 0) is 0 Å². The van der Waals surface area contributed by atoms with Crippen molar-refractivity contribution in [3.63, 3.8) is 0 Å². The normalized spacial score (nSPS) is 12.9. The fourth-order valence-corrected chi connectivity index (χ4v) is 3.81. The van der Waals surface area contributed by atoms with E-state index in [4.69, 9.17) is 26.8 Å². The number of carbonyl (C=O) groups is 1. The largest absolute Gasteiger partial charge is 0.454 e. The maximum Gasteiger partial charge on any atom is 0.283 e. The first-order chi connectivity index (χ1) is 13.5. The highest BCUT2D eigenvalue weighted by atomic mass is 35.5. The van der Waals surface area contributed by atoms with Crippen LogP contribution in [0.25, 0.3) is 10.4 Å². The molecule has 0 spiro atoms. The zero-order chi connectivity index (χ0) is 19.7. The predicted octanol–water partition coefficient (Wildman–Crippen LogP) is 4.53. The summed E-state index contributed by atoms with van der Waals surface area (Å²) in [5.74, 6) is 0.998. The lowest BCUT2D eigenvalue weighted by Gasteiger charge is -2.04. The molecule has 0 aliphatic carbocycles. The molecule has 1 aromatic heterocycles. The number of hydrogen-bond acceptors (Lipinski definition) is 6. The number of rotatable bonds is 4. The molecule has 0 unspecified atom stereocenters. The number of ether oxygens (including phenoxy) is 2. The summed E-state index contributed by atoms with van der Waals surface area (Å²) in [6, 6.07) is 14.6. The molecule has 8 heteroatoms. The Bertz CT molecular complexity index is 1080. The molecule has 2 aromatic carbocycles. The van der Waals surface area contributed by atoms with Crippen LogP contribution in [0.1, 0.15) is 22.2 Å². The average Bonchev–Trinajstić information content (AvgIpc) is 3.32. The first kappa shape index (κ1) is 18.3. The van der Waals surface area contributed by atoms with E-state index in [-0.39, 0.29) is 12.7 Å². The fourth-order valence-electron chi connectivity index (χ4n) is 2.71. The molecule has 3 aromatic rings. The zero-order valence-electron chi connectivity index (χ0n) is 14.9. The molecule has 4 rings (SSSR count). The van der Waals surface area contributed by atoms with Gasteiger partial charge in [-0.2, -0.15) is 5.10 Å². The van der Waals surface area contributed by atoms with E-state index in [1.54, 1.807) is 25.1 Å². The number of benzene rings is 2. The van der Waals surface area contributed by atoms with Crippen LogP contribution in [0.2, 0.25) is 5.02 Å². The Morgan fingerprint density at radius 2 is 1.89 bits per heavy atom. The maximum absolute atomic E-state index is 12.5. The number of anilines is 1. The number of hydrogen-bond donors (Lipinski definition) is 2. The van der Waals surface area contributed by atoms with Gasteiger partial charge in [-0.1, -0.05) is 23.7 Å². The number of nitrogen functional groups attached to an aromatic ring is 1. The molecule has 28 heavy (non-hydrogen) atoms. The smallest absolute Gasteiger partial charge is 0.283 e. The molecule has 0 radical (unpaired) electrons. The second kappa shape index (κ2) is 7.53. The number of amides is 1. The van der Waals surface area contributed by atoms with Crippen molar-refractivity contribution in [2.45, 2.75) is 6.92 Å². The summed E-state index contributed by atoms with van der Waals surface area (Å²) >= 11 is 7.23. The predicted molar refractivity (Wildman–Crippen MR) is 111 cm³/mol. The molecular weight excluding hydrogens is 398 g/mol. The highest BCUT2D eigenvalue weighted by molar-refractivity contribution is 7.18. The van der Waals surface area contributed by atoms with Gasteiger partial charge in [-0.3, -0.25) is 4.79 Å². The van der Waals surface area contributed by atoms with Gasteiger partial charge in [0.15, 0.2) is 11.5 Å². The van der Waals surface area contributed by atoms with Crippen molar-refractivity contribution in [2.24, 2.45) is 5.10 Å². The zero-order valence-corrected chi connectivity index (χ0v) is 16.4. The van der Waals surface area contributed by atoms with E-state index in [1.165, 1.54) is 11.3 Å². The van der Waals surface area contributed by atoms with Crippen LogP contribution >= 0.6 is 22.9 Å². The number of halogens is 1. The van der Waals surface area contributed by atoms with E-state index in [1.807, 2.05) is 30.3 Å². The average molecular weight is 414 g/mol. The Morgan fingerprint density at radius 3 is 2.68 bits per heavy atom. The van der Waals surface area contributed by atoms with Gasteiger partial charge >= 0.3 is 0 Å². The minimum Gasteiger partial charge on any atom is -0.454 e. The second-order valence-corrected chi connectivity index (χ2v) is 7.60. The summed E-state index contributed by atoms with van der Waals surface area (Å²) in [5, 5.41) is 4.84. The highest BCUT2D eigenvalue weighted by Gasteiger charge is 2.16. The van der Waals surface area contributed by atoms with Crippen LogP contribution in [0.15, 0.2) is 53.6 Å². The molecule has 0 atom stereocenters. The molecular formula is C20H16ClN3O3S. The fraction of sp³-hybridized carbons (Fsp3) is 0.100. The Kier molecular flexibility index (Phi) is 4.93. The van der Waals surface area contributed by atoms with E-state index in [2.05, 4.69) is 10.5 Å². The lowest BCUT2D eigenvalue weighted by atomic mass is 10.1. The maximum atomic E-state index is 12.5. The first-order valence-corrected chi connectivity index (χ1v) is 9.60. The van der Waals surface area contributed by atoms with Gasteiger partial charge in [-0.25, -0.2) is 5.43 Å². The van der Waals surface area contributed by atoms with E-state index in [0.717, 1.165) is 16.0 Å². The third-order valence-electron chi connectivity index (χ3n) is 4.21. The molecule has 3 N–H and O–H groups in total. The summed E-state index contributed by atoms with van der Waals surface area (Å²) in [5.41, 5.74) is 11.4. The van der Waals surface area contributed by atoms with Gasteiger partial charge in [0.05, 0.1) is 11.4 Å². The van der Waals surface area contributed by atoms with Crippen molar-refractivity contribution in [2.75, 3.05) is 12.5 Å². The van der Waals surface area contributed by atoms with Gasteiger partial charge in [0.1, 0.15) is 4.88 Å². The standard InChI is InChI=1S/C20H16ClN3O3S/c1-11(13-4-7-16-17(8-13)27-10-26-16)23-24-20(25)19-15(22)9-18(28-19)12-2-5-14(21)6-3-12/h2-9H,10,22H2,1H3,(H,24,25)/b23-11-. The number of fused-ring (bicyclic) bond motifs is 1. The lowest BCUT2D eigenvalue weighted by Crippen LogP contribution is -2.19. The number of hydrazone groups is 1. The van der Waals surface area contributed by atoms with E-state index >= 15 is 0 Å². The molecule has 0 fully saturated rings. The molecule has 0 bridgehead atoms. The van der Waals surface area contributed by atoms with Crippen molar-refractivity contribution in [1.29, 1.82) is 0 Å². The third kappa shape index (κ3) is 3.67. The minimum absolute atomic E-state index is 0.208. The van der Waals surface area contributed by atoms with Crippen molar-refractivity contribution >= 4 is 40.2 Å². The van der Waals surface area contributed by atoms with Gasteiger partial charge in [-0.05, 0) is 48.9 Å². The number of thiophene rings is 1. The molecule has 1 aliphatic rings. The lowest BCUT2D eigenvalue weighted by molar-refractivity contribution is 0.0959. The second-order valence-electron chi connectivity index (χ2n) is 6.11. The number of carbonyl (C=O) groups excluding carboxylic acids is 1. The molecule has 1 aliphatic heterocycles. The van der Waals surface area contributed by atoms with Crippen molar-refractivity contribution in [3.05, 3.63) is 64.0 Å². The SMILES string of the molecule is C/C(=N/NC(=O)c1sc(-c2ccc(Cl)cc2)cc1N)c1ccc2c(c1)OCO2. The Hall–Kier alpha value is -3.03. The van der Waals surface area contributed by atoms with Crippen LogP contribution in [0.5, 0.6) is 11.5 Å². The Morgan fingerprint density at radius 1 is 1.14 bits per heavy atom. The van der Waals surface area contributed by atoms with Crippen LogP contribution in [0, 0.1) is 0 Å². The number of nitrogens with one attached hydrogen (secondary N) is 1. The molecule has 0 saturated carbocycles. The highest BCUT2D eigenvalue weighted by Crippen LogP contribution is 2.34. The third-order valence-corrected chi connectivity index (χ3v) is 5.66. The molecule has 6 nitrogen and oxygen atoms in total. The summed E-state index contributed by atoms with van der Waals surface area (Å²) in [6.07, 6.45) is 0. The van der Waals surface area contributed by atoms with Crippen LogP contribution in [0.3, 0.4) is 0 Å². The van der Waals surface area contributed by atoms with E-state index in [0.29, 0.717) is 32.8 Å². The van der Waals surface area contributed by atoms with Gasteiger partial charge in [-0.15, -0.1) is 11.3 Å². The van der Waals surface area contributed by atoms with Crippen molar-refractivity contribution in [3.8, 4) is 21.9 Å². The van der Waals surface area contributed by atoms with Gasteiger partial charge in [0.25, 0.3) is 5.91 Å². The number of nitrogens with zero attached hydrogens (tertiary/aromatic N) is 1. The van der Waals surface area contributed by atoms with Gasteiger partial charge in [0, 0.05) is 15.5 Å². The van der Waals surface area contributed by atoms with Gasteiger partial charge in [0.2, 0.25) is 6.79 Å². The van der Waals surface area contributed by atoms with Crippen LogP contribution in [0.4, 0.5) is 5.69 Å². The molecule has 0 saturated heterocycles. The molecule has 2 heterocycles. The van der Waals surface area contributed by atoms with E-state index in [9.17, 15) is 4.79 Å². The summed E-state index contributed by atoms with van der Waals surface area (Å²) in [4.78, 5) is 13.8. The quantitative estimate of drug-likeness (QED) is 0.486. The van der Waals surface area contributed by atoms with Crippen molar-refractivity contribution in [1.82, 2.24) is 5.43 Å². The summed E-state index contributed by atoms with van der Waals surface area (Å²) in [7, 11) is 0. The molecule has 142 valence electrons. The van der Waals surface area contributed by atoms with Crippen LogP contribution in [-0.4, -0.2) is 18.4 Å². The molecule has 1 amide bonds. The minimum atomic E-state index is -0.359.